The zero-order chi connectivity index (χ0) is 18.6. The first-order chi connectivity index (χ1) is 13.3. The van der Waals surface area contributed by atoms with Crippen LogP contribution in [-0.2, 0) is 9.53 Å². The fraction of sp³-hybridized carbons (Fsp3) is 0.421. The molecule has 0 aliphatic heterocycles. The Morgan fingerprint density at radius 2 is 2.11 bits per heavy atom. The Hall–Kier alpha value is -3.03. The summed E-state index contributed by atoms with van der Waals surface area (Å²) < 4.78 is 6.92. The number of fused-ring (bicyclic) bond motifs is 1. The lowest BCUT2D eigenvalue weighted by Gasteiger charge is -2.30. The molecular weight excluding hydrogens is 344 g/mol. The largest absolute Gasteiger partial charge is 0.466 e. The van der Waals surface area contributed by atoms with Crippen LogP contribution in [0.15, 0.2) is 36.5 Å². The standard InChI is InChI=1S/C19H22N6O2/c1-2-27-18(26)13-7-3-4-8-14(13)21-19-20-12-11-17(22-19)25-16-10-6-5-9-15(16)23-24-25/h5-6,9-14H,2-4,7-8H2,1H3,(H,20,21,22)/t13-,14+/m0/s1. The van der Waals surface area contributed by atoms with Crippen LogP contribution < -0.4 is 5.32 Å². The maximum atomic E-state index is 12.3. The van der Waals surface area contributed by atoms with Crippen molar-refractivity contribution in [1.29, 1.82) is 0 Å². The Bertz CT molecular complexity index is 941. The predicted octanol–water partition coefficient (Wildman–Crippen LogP) is 2.74. The highest BCUT2D eigenvalue weighted by molar-refractivity contribution is 5.75. The van der Waals surface area contributed by atoms with Crippen LogP contribution in [-0.4, -0.2) is 43.6 Å². The van der Waals surface area contributed by atoms with Gasteiger partial charge < -0.3 is 10.1 Å². The number of para-hydroxylation sites is 1. The number of aromatic nitrogens is 5. The van der Waals surface area contributed by atoms with Gasteiger partial charge in [0.2, 0.25) is 5.95 Å². The molecule has 27 heavy (non-hydrogen) atoms. The SMILES string of the molecule is CCOC(=O)[C@H]1CCCC[C@H]1Nc1nccc(-n2nnc3ccccc32)n1. The summed E-state index contributed by atoms with van der Waals surface area (Å²) in [5, 5.41) is 11.7. The average Bonchev–Trinajstić information content (AvgIpc) is 3.13. The molecule has 2 heterocycles. The molecule has 0 amide bonds. The second kappa shape index (κ2) is 7.69. The lowest BCUT2D eigenvalue weighted by Crippen LogP contribution is -2.38. The Labute approximate surface area is 157 Å². The number of hydrogen-bond donors (Lipinski definition) is 1. The molecule has 0 unspecified atom stereocenters. The Morgan fingerprint density at radius 1 is 1.26 bits per heavy atom. The van der Waals surface area contributed by atoms with Gasteiger partial charge in [0.15, 0.2) is 5.82 Å². The molecule has 1 saturated carbocycles. The number of ether oxygens (including phenoxy) is 1. The molecule has 2 aromatic heterocycles. The molecule has 8 nitrogen and oxygen atoms in total. The zero-order valence-electron chi connectivity index (χ0n) is 15.2. The Kier molecular flexibility index (Phi) is 4.95. The third kappa shape index (κ3) is 3.60. The van der Waals surface area contributed by atoms with E-state index < -0.39 is 0 Å². The van der Waals surface area contributed by atoms with Gasteiger partial charge in [0.1, 0.15) is 5.52 Å². The first-order valence-electron chi connectivity index (χ1n) is 9.33. The second-order valence-corrected chi connectivity index (χ2v) is 6.62. The van der Waals surface area contributed by atoms with E-state index in [1.54, 1.807) is 16.9 Å². The van der Waals surface area contributed by atoms with E-state index in [1.165, 1.54) is 0 Å². The number of anilines is 1. The highest BCUT2D eigenvalue weighted by atomic mass is 16.5. The molecule has 1 N–H and O–H groups in total. The van der Waals surface area contributed by atoms with E-state index in [-0.39, 0.29) is 17.9 Å². The molecule has 3 aromatic rings. The van der Waals surface area contributed by atoms with Gasteiger partial charge in [-0.15, -0.1) is 5.10 Å². The van der Waals surface area contributed by atoms with Crippen molar-refractivity contribution >= 4 is 23.0 Å². The Morgan fingerprint density at radius 3 is 3.00 bits per heavy atom. The van der Waals surface area contributed by atoms with E-state index in [1.807, 2.05) is 31.2 Å². The molecule has 8 heteroatoms. The number of esters is 1. The first-order valence-corrected chi connectivity index (χ1v) is 9.33. The van der Waals surface area contributed by atoms with Gasteiger partial charge in [-0.05, 0) is 31.9 Å². The number of nitrogens with one attached hydrogen (secondary N) is 1. The summed E-state index contributed by atoms with van der Waals surface area (Å²) in [7, 11) is 0. The highest BCUT2D eigenvalue weighted by Crippen LogP contribution is 2.28. The number of rotatable bonds is 5. The number of hydrogen-bond acceptors (Lipinski definition) is 7. The molecule has 1 aliphatic rings. The summed E-state index contributed by atoms with van der Waals surface area (Å²) in [6, 6.07) is 9.48. The van der Waals surface area contributed by atoms with Crippen molar-refractivity contribution in [3.63, 3.8) is 0 Å². The minimum absolute atomic E-state index is 0.0273. The van der Waals surface area contributed by atoms with E-state index >= 15 is 0 Å². The van der Waals surface area contributed by atoms with Gasteiger partial charge in [-0.3, -0.25) is 4.79 Å². The molecule has 1 fully saturated rings. The molecule has 1 aromatic carbocycles. The van der Waals surface area contributed by atoms with E-state index in [0.717, 1.165) is 36.7 Å². The number of benzene rings is 1. The van der Waals surface area contributed by atoms with Crippen molar-refractivity contribution in [3.8, 4) is 5.82 Å². The molecule has 140 valence electrons. The number of nitrogens with zero attached hydrogens (tertiary/aromatic N) is 5. The van der Waals surface area contributed by atoms with Gasteiger partial charge in [-0.1, -0.05) is 30.2 Å². The van der Waals surface area contributed by atoms with Gasteiger partial charge in [0.25, 0.3) is 0 Å². The Balaban J connectivity index is 1.58. The quantitative estimate of drug-likeness (QED) is 0.694. The van der Waals surface area contributed by atoms with Crippen molar-refractivity contribution in [1.82, 2.24) is 25.0 Å². The van der Waals surface area contributed by atoms with Crippen molar-refractivity contribution in [2.45, 2.75) is 38.6 Å². The van der Waals surface area contributed by atoms with E-state index in [2.05, 4.69) is 25.6 Å². The summed E-state index contributed by atoms with van der Waals surface area (Å²) in [5.41, 5.74) is 1.68. The van der Waals surface area contributed by atoms with Crippen LogP contribution in [0.5, 0.6) is 0 Å². The van der Waals surface area contributed by atoms with Crippen molar-refractivity contribution in [3.05, 3.63) is 36.5 Å². The summed E-state index contributed by atoms with van der Waals surface area (Å²) >= 11 is 0. The van der Waals surface area contributed by atoms with Crippen molar-refractivity contribution in [2.75, 3.05) is 11.9 Å². The molecule has 4 rings (SSSR count). The van der Waals surface area contributed by atoms with Crippen LogP contribution in [0.2, 0.25) is 0 Å². The highest BCUT2D eigenvalue weighted by Gasteiger charge is 2.32. The van der Waals surface area contributed by atoms with Gasteiger partial charge in [0, 0.05) is 18.3 Å². The molecular formula is C19H22N6O2. The maximum absolute atomic E-state index is 12.3. The summed E-state index contributed by atoms with van der Waals surface area (Å²) in [4.78, 5) is 21.2. The minimum atomic E-state index is -0.168. The lowest BCUT2D eigenvalue weighted by molar-refractivity contribution is -0.149. The normalized spacial score (nSPS) is 19.7. The minimum Gasteiger partial charge on any atom is -0.466 e. The third-order valence-electron chi connectivity index (χ3n) is 4.88. The summed E-state index contributed by atoms with van der Waals surface area (Å²) in [6.45, 7) is 2.23. The van der Waals surface area contributed by atoms with Crippen LogP contribution in [0.1, 0.15) is 32.6 Å². The van der Waals surface area contributed by atoms with Crippen molar-refractivity contribution < 1.29 is 9.53 Å². The fourth-order valence-electron chi connectivity index (χ4n) is 3.58. The van der Waals surface area contributed by atoms with E-state index in [0.29, 0.717) is 18.4 Å². The topological polar surface area (TPSA) is 94.8 Å². The maximum Gasteiger partial charge on any atom is 0.311 e. The van der Waals surface area contributed by atoms with Gasteiger partial charge in [-0.25, -0.2) is 4.98 Å². The molecule has 0 saturated heterocycles. The third-order valence-corrected chi connectivity index (χ3v) is 4.88. The van der Waals surface area contributed by atoms with Crippen molar-refractivity contribution in [2.24, 2.45) is 5.92 Å². The lowest BCUT2D eigenvalue weighted by atomic mass is 9.84. The van der Waals surface area contributed by atoms with Gasteiger partial charge >= 0.3 is 5.97 Å². The van der Waals surface area contributed by atoms with Crippen LogP contribution in [0.3, 0.4) is 0 Å². The predicted molar refractivity (Wildman–Crippen MR) is 100 cm³/mol. The van der Waals surface area contributed by atoms with Crippen LogP contribution in [0.25, 0.3) is 16.9 Å². The van der Waals surface area contributed by atoms with Gasteiger partial charge in [0.05, 0.1) is 18.0 Å². The van der Waals surface area contributed by atoms with Gasteiger partial charge in [-0.2, -0.15) is 9.67 Å². The number of carbonyl (C=O) groups is 1. The molecule has 0 bridgehead atoms. The first kappa shape index (κ1) is 17.4. The number of carbonyl (C=O) groups excluding carboxylic acids is 1. The smallest absolute Gasteiger partial charge is 0.311 e. The monoisotopic (exact) mass is 366 g/mol. The molecule has 0 spiro atoms. The molecule has 2 atom stereocenters. The second-order valence-electron chi connectivity index (χ2n) is 6.62. The van der Waals surface area contributed by atoms with Crippen LogP contribution in [0.4, 0.5) is 5.95 Å². The zero-order valence-corrected chi connectivity index (χ0v) is 15.2. The molecule has 1 aliphatic carbocycles. The summed E-state index contributed by atoms with van der Waals surface area (Å²) in [6.07, 6.45) is 5.50. The van der Waals surface area contributed by atoms with E-state index in [4.69, 9.17) is 4.74 Å². The fourth-order valence-corrected chi connectivity index (χ4v) is 3.58. The van der Waals surface area contributed by atoms with Crippen LogP contribution in [0, 0.1) is 5.92 Å². The summed E-state index contributed by atoms with van der Waals surface area (Å²) in [5.74, 6) is 0.796. The van der Waals surface area contributed by atoms with E-state index in [9.17, 15) is 4.79 Å². The molecule has 0 radical (unpaired) electrons. The van der Waals surface area contributed by atoms with Crippen LogP contribution >= 0.6 is 0 Å². The average molecular weight is 366 g/mol.